The minimum Gasteiger partial charge on any atom is -0.379 e. The van der Waals surface area contributed by atoms with Gasteiger partial charge in [-0.2, -0.15) is 0 Å². The summed E-state index contributed by atoms with van der Waals surface area (Å²) in [4.78, 5) is 2.43. The summed E-state index contributed by atoms with van der Waals surface area (Å²) in [7, 11) is 0. The summed E-state index contributed by atoms with van der Waals surface area (Å²) in [6, 6.07) is 13.0. The van der Waals surface area contributed by atoms with Gasteiger partial charge in [-0.25, -0.2) is 0 Å². The SMILES string of the molecule is CCN(CC)Cc1cccc(NCc2cccn2CC)c1. The fourth-order valence-electron chi connectivity index (χ4n) is 2.60. The first-order valence-corrected chi connectivity index (χ1v) is 7.96. The Bertz CT molecular complexity index is 541. The van der Waals surface area contributed by atoms with Crippen molar-refractivity contribution in [2.75, 3.05) is 18.4 Å². The fourth-order valence-corrected chi connectivity index (χ4v) is 2.60. The molecular weight excluding hydrogens is 258 g/mol. The molecule has 1 N–H and O–H groups in total. The third-order valence-electron chi connectivity index (χ3n) is 3.97. The van der Waals surface area contributed by atoms with Gasteiger partial charge in [-0.3, -0.25) is 4.90 Å². The van der Waals surface area contributed by atoms with E-state index in [-0.39, 0.29) is 0 Å². The van der Waals surface area contributed by atoms with E-state index in [1.807, 2.05) is 0 Å². The molecule has 21 heavy (non-hydrogen) atoms. The summed E-state index contributed by atoms with van der Waals surface area (Å²) in [6.45, 7) is 11.7. The molecule has 0 fully saturated rings. The number of hydrogen-bond donors (Lipinski definition) is 1. The summed E-state index contributed by atoms with van der Waals surface area (Å²) in [6.07, 6.45) is 2.13. The van der Waals surface area contributed by atoms with Gasteiger partial charge < -0.3 is 9.88 Å². The van der Waals surface area contributed by atoms with Gasteiger partial charge in [0, 0.05) is 30.7 Å². The van der Waals surface area contributed by atoms with Gasteiger partial charge in [0.05, 0.1) is 6.54 Å². The second kappa shape index (κ2) is 7.89. The van der Waals surface area contributed by atoms with Crippen molar-refractivity contribution in [3.8, 4) is 0 Å². The van der Waals surface area contributed by atoms with Gasteiger partial charge in [0.15, 0.2) is 0 Å². The van der Waals surface area contributed by atoms with Gasteiger partial charge in [-0.05, 0) is 49.8 Å². The Morgan fingerprint density at radius 2 is 1.86 bits per heavy atom. The Morgan fingerprint density at radius 1 is 1.05 bits per heavy atom. The second-order valence-electron chi connectivity index (χ2n) is 5.30. The molecule has 1 aromatic carbocycles. The molecule has 1 aromatic heterocycles. The fraction of sp³-hybridized carbons (Fsp3) is 0.444. The molecule has 0 radical (unpaired) electrons. The number of aryl methyl sites for hydroxylation is 1. The van der Waals surface area contributed by atoms with E-state index in [4.69, 9.17) is 0 Å². The molecule has 0 spiro atoms. The predicted octanol–water partition coefficient (Wildman–Crippen LogP) is 3.96. The molecule has 0 aliphatic heterocycles. The highest BCUT2D eigenvalue weighted by atomic mass is 15.1. The van der Waals surface area contributed by atoms with Gasteiger partial charge in [-0.15, -0.1) is 0 Å². The summed E-state index contributed by atoms with van der Waals surface area (Å²) in [5.74, 6) is 0. The molecule has 3 heteroatoms. The van der Waals surface area contributed by atoms with E-state index in [9.17, 15) is 0 Å². The van der Waals surface area contributed by atoms with Crippen LogP contribution in [0, 0.1) is 0 Å². The highest BCUT2D eigenvalue weighted by Gasteiger charge is 2.03. The van der Waals surface area contributed by atoms with Crippen LogP contribution in [0.5, 0.6) is 0 Å². The van der Waals surface area contributed by atoms with E-state index in [0.717, 1.165) is 32.7 Å². The topological polar surface area (TPSA) is 20.2 Å². The lowest BCUT2D eigenvalue weighted by atomic mass is 10.2. The third kappa shape index (κ3) is 4.36. The second-order valence-corrected chi connectivity index (χ2v) is 5.30. The minimum atomic E-state index is 0.871. The molecule has 2 aromatic rings. The van der Waals surface area contributed by atoms with Gasteiger partial charge in [0.25, 0.3) is 0 Å². The molecule has 0 atom stereocenters. The maximum atomic E-state index is 3.53. The largest absolute Gasteiger partial charge is 0.379 e. The van der Waals surface area contributed by atoms with Crippen molar-refractivity contribution >= 4 is 5.69 Å². The number of nitrogens with one attached hydrogen (secondary N) is 1. The molecule has 0 bridgehead atoms. The first kappa shape index (κ1) is 15.6. The van der Waals surface area contributed by atoms with Crippen LogP contribution < -0.4 is 5.32 Å². The lowest BCUT2D eigenvalue weighted by Gasteiger charge is -2.18. The molecule has 3 nitrogen and oxygen atoms in total. The van der Waals surface area contributed by atoms with Crippen LogP contribution in [0.2, 0.25) is 0 Å². The van der Waals surface area contributed by atoms with Crippen molar-refractivity contribution in [2.45, 2.75) is 40.4 Å². The van der Waals surface area contributed by atoms with Crippen molar-refractivity contribution in [3.63, 3.8) is 0 Å². The molecule has 1 heterocycles. The molecule has 0 amide bonds. The van der Waals surface area contributed by atoms with E-state index in [2.05, 4.69) is 78.2 Å². The maximum absolute atomic E-state index is 3.53. The molecular formula is C18H27N3. The average Bonchev–Trinajstić information content (AvgIpc) is 2.98. The first-order valence-electron chi connectivity index (χ1n) is 7.96. The van der Waals surface area contributed by atoms with Crippen molar-refractivity contribution < 1.29 is 0 Å². The highest BCUT2D eigenvalue weighted by molar-refractivity contribution is 5.46. The van der Waals surface area contributed by atoms with Gasteiger partial charge in [0.2, 0.25) is 0 Å². The molecule has 0 unspecified atom stereocenters. The Balaban J connectivity index is 1.97. The first-order chi connectivity index (χ1) is 10.3. The van der Waals surface area contributed by atoms with Crippen LogP contribution in [0.1, 0.15) is 32.0 Å². The van der Waals surface area contributed by atoms with Crippen LogP contribution in [-0.4, -0.2) is 22.6 Å². The zero-order valence-corrected chi connectivity index (χ0v) is 13.5. The van der Waals surface area contributed by atoms with Gasteiger partial charge >= 0.3 is 0 Å². The summed E-state index contributed by atoms with van der Waals surface area (Å²) >= 11 is 0. The van der Waals surface area contributed by atoms with Crippen molar-refractivity contribution in [1.82, 2.24) is 9.47 Å². The van der Waals surface area contributed by atoms with Crippen LogP contribution in [0.25, 0.3) is 0 Å². The maximum Gasteiger partial charge on any atom is 0.0553 e. The smallest absolute Gasteiger partial charge is 0.0553 e. The van der Waals surface area contributed by atoms with Crippen LogP contribution in [0.4, 0.5) is 5.69 Å². The molecule has 0 aliphatic rings. The molecule has 0 saturated carbocycles. The van der Waals surface area contributed by atoms with Crippen LogP contribution >= 0.6 is 0 Å². The molecule has 0 saturated heterocycles. The Labute approximate surface area is 128 Å². The predicted molar refractivity (Wildman–Crippen MR) is 90.5 cm³/mol. The van der Waals surface area contributed by atoms with E-state index < -0.39 is 0 Å². The minimum absolute atomic E-state index is 0.871. The van der Waals surface area contributed by atoms with Crippen LogP contribution in [0.3, 0.4) is 0 Å². The van der Waals surface area contributed by atoms with E-state index >= 15 is 0 Å². The number of benzene rings is 1. The van der Waals surface area contributed by atoms with E-state index in [1.165, 1.54) is 16.9 Å². The number of hydrogen-bond acceptors (Lipinski definition) is 2. The van der Waals surface area contributed by atoms with Gasteiger partial charge in [0.1, 0.15) is 0 Å². The highest BCUT2D eigenvalue weighted by Crippen LogP contribution is 2.14. The quantitative estimate of drug-likeness (QED) is 0.792. The van der Waals surface area contributed by atoms with Crippen molar-refractivity contribution in [1.29, 1.82) is 0 Å². The number of anilines is 1. The number of nitrogens with zero attached hydrogens (tertiary/aromatic N) is 2. The van der Waals surface area contributed by atoms with Crippen molar-refractivity contribution in [3.05, 3.63) is 53.9 Å². The third-order valence-corrected chi connectivity index (χ3v) is 3.97. The molecule has 2 rings (SSSR count). The lowest BCUT2D eigenvalue weighted by molar-refractivity contribution is 0.296. The standard InChI is InChI=1S/C18H27N3/c1-4-20(5-2)15-16-9-7-10-17(13-16)19-14-18-11-8-12-21(18)6-3/h7-13,19H,4-6,14-15H2,1-3H3. The summed E-state index contributed by atoms with van der Waals surface area (Å²) in [5.41, 5.74) is 3.89. The van der Waals surface area contributed by atoms with Crippen LogP contribution in [0.15, 0.2) is 42.6 Å². The van der Waals surface area contributed by atoms with Gasteiger partial charge in [-0.1, -0.05) is 26.0 Å². The number of aromatic nitrogens is 1. The molecule has 114 valence electrons. The van der Waals surface area contributed by atoms with Crippen molar-refractivity contribution in [2.24, 2.45) is 0 Å². The zero-order chi connectivity index (χ0) is 15.1. The zero-order valence-electron chi connectivity index (χ0n) is 13.5. The van der Waals surface area contributed by atoms with E-state index in [1.54, 1.807) is 0 Å². The average molecular weight is 285 g/mol. The normalized spacial score (nSPS) is 11.0. The Hall–Kier alpha value is -1.74. The Kier molecular flexibility index (Phi) is 5.88. The number of rotatable bonds is 8. The summed E-state index contributed by atoms with van der Waals surface area (Å²) < 4.78 is 2.27. The van der Waals surface area contributed by atoms with Crippen LogP contribution in [-0.2, 0) is 19.6 Å². The monoisotopic (exact) mass is 285 g/mol. The summed E-state index contributed by atoms with van der Waals surface area (Å²) in [5, 5.41) is 3.53. The van der Waals surface area contributed by atoms with E-state index in [0.29, 0.717) is 0 Å². The lowest BCUT2D eigenvalue weighted by Crippen LogP contribution is -2.22. The Morgan fingerprint density at radius 3 is 2.57 bits per heavy atom. The molecule has 0 aliphatic carbocycles.